The van der Waals surface area contributed by atoms with Gasteiger partial charge in [0.05, 0.1) is 7.11 Å². The lowest BCUT2D eigenvalue weighted by Gasteiger charge is -2.50. The first-order chi connectivity index (χ1) is 15.1. The van der Waals surface area contributed by atoms with Crippen LogP contribution >= 0.6 is 0 Å². The largest absolute Gasteiger partial charge is 0.497 e. The van der Waals surface area contributed by atoms with Crippen LogP contribution < -0.4 is 15.0 Å². The fourth-order valence-corrected chi connectivity index (χ4v) is 4.95. The Morgan fingerprint density at radius 2 is 2.03 bits per heavy atom. The van der Waals surface area contributed by atoms with Gasteiger partial charge in [-0.1, -0.05) is 13.0 Å². The maximum absolute atomic E-state index is 12.8. The van der Waals surface area contributed by atoms with E-state index in [1.54, 1.807) is 37.5 Å². The van der Waals surface area contributed by atoms with Gasteiger partial charge < -0.3 is 15.0 Å². The maximum atomic E-state index is 12.8. The lowest BCUT2D eigenvalue weighted by atomic mass is 9.78. The van der Waals surface area contributed by atoms with Gasteiger partial charge in [-0.15, -0.1) is 0 Å². The van der Waals surface area contributed by atoms with Gasteiger partial charge in [0.25, 0.3) is 5.91 Å². The fourth-order valence-electron chi connectivity index (χ4n) is 4.95. The van der Waals surface area contributed by atoms with Crippen molar-refractivity contribution in [2.45, 2.75) is 65.5 Å². The van der Waals surface area contributed by atoms with Crippen molar-refractivity contribution in [1.82, 2.24) is 0 Å². The number of amides is 1. The van der Waals surface area contributed by atoms with E-state index >= 15 is 0 Å². The molecule has 5 heteroatoms. The molecule has 2 aromatic carbocycles. The number of aryl methyl sites for hydroxylation is 1. The van der Waals surface area contributed by atoms with Crippen LogP contribution in [0.3, 0.4) is 0 Å². The third kappa shape index (κ3) is 4.65. The molecule has 1 aliphatic rings. The first-order valence-electron chi connectivity index (χ1n) is 11.1. The van der Waals surface area contributed by atoms with Crippen molar-refractivity contribution < 1.29 is 9.53 Å². The molecule has 1 heterocycles. The number of nitrogens with one attached hydrogen (secondary N) is 1. The highest BCUT2D eigenvalue weighted by molar-refractivity contribution is 6.09. The standard InChI is InChI=1S/C27H33N3O2/c1-17(2)30-25-11-18(3)20(13-24(25)19(4)15-27(30,5)6)12-21(16-28)26(31)29-22-9-8-10-23(14-22)32-7/h8-14,17,19H,15H2,1-7H3,(H,29,31)/b21-12-/t19-/m1/s1. The summed E-state index contributed by atoms with van der Waals surface area (Å²) in [4.78, 5) is 15.3. The third-order valence-electron chi connectivity index (χ3n) is 6.17. The van der Waals surface area contributed by atoms with Gasteiger partial charge in [-0.25, -0.2) is 0 Å². The number of benzene rings is 2. The molecule has 0 saturated heterocycles. The van der Waals surface area contributed by atoms with Crippen molar-refractivity contribution in [3.05, 3.63) is 58.7 Å². The molecule has 2 aromatic rings. The molecular weight excluding hydrogens is 398 g/mol. The Labute approximate surface area is 191 Å². The van der Waals surface area contributed by atoms with Crippen LogP contribution in [-0.2, 0) is 4.79 Å². The first-order valence-corrected chi connectivity index (χ1v) is 11.1. The second-order valence-electron chi connectivity index (χ2n) is 9.50. The number of anilines is 2. The number of carbonyl (C=O) groups is 1. The van der Waals surface area contributed by atoms with Gasteiger partial charge >= 0.3 is 0 Å². The third-order valence-corrected chi connectivity index (χ3v) is 6.17. The van der Waals surface area contributed by atoms with Gasteiger partial charge in [-0.2, -0.15) is 5.26 Å². The van der Waals surface area contributed by atoms with E-state index in [9.17, 15) is 10.1 Å². The molecule has 0 saturated carbocycles. The zero-order chi connectivity index (χ0) is 23.6. The molecular formula is C27H33N3O2. The summed E-state index contributed by atoms with van der Waals surface area (Å²) < 4.78 is 5.20. The quantitative estimate of drug-likeness (QED) is 0.462. The van der Waals surface area contributed by atoms with Crippen LogP contribution in [0.15, 0.2) is 42.0 Å². The molecule has 0 fully saturated rings. The van der Waals surface area contributed by atoms with E-state index in [1.165, 1.54) is 11.3 Å². The molecule has 168 valence electrons. The van der Waals surface area contributed by atoms with Gasteiger partial charge in [0.15, 0.2) is 0 Å². The smallest absolute Gasteiger partial charge is 0.266 e. The zero-order valence-electron chi connectivity index (χ0n) is 20.1. The van der Waals surface area contributed by atoms with Crippen LogP contribution in [-0.4, -0.2) is 24.6 Å². The van der Waals surface area contributed by atoms with Crippen molar-refractivity contribution in [1.29, 1.82) is 5.26 Å². The number of hydrogen-bond donors (Lipinski definition) is 1. The summed E-state index contributed by atoms with van der Waals surface area (Å²) in [6.07, 6.45) is 2.74. The van der Waals surface area contributed by atoms with E-state index in [0.717, 1.165) is 17.5 Å². The summed E-state index contributed by atoms with van der Waals surface area (Å²) in [5, 5.41) is 12.5. The summed E-state index contributed by atoms with van der Waals surface area (Å²) in [5.74, 6) is 0.595. The van der Waals surface area contributed by atoms with E-state index < -0.39 is 5.91 Å². The van der Waals surface area contributed by atoms with E-state index in [1.807, 2.05) is 6.92 Å². The monoisotopic (exact) mass is 431 g/mol. The number of methoxy groups -OCH3 is 1. The molecule has 1 aliphatic heterocycles. The second-order valence-corrected chi connectivity index (χ2v) is 9.50. The number of carbonyl (C=O) groups excluding carboxylic acids is 1. The summed E-state index contributed by atoms with van der Waals surface area (Å²) in [5.41, 5.74) is 5.18. The van der Waals surface area contributed by atoms with Crippen LogP contribution in [0.5, 0.6) is 5.75 Å². The molecule has 1 atom stereocenters. The Kier molecular flexibility index (Phi) is 6.64. The average molecular weight is 432 g/mol. The Morgan fingerprint density at radius 3 is 2.66 bits per heavy atom. The molecule has 0 aromatic heterocycles. The van der Waals surface area contributed by atoms with E-state index in [4.69, 9.17) is 4.74 Å². The Morgan fingerprint density at radius 1 is 1.31 bits per heavy atom. The highest BCUT2D eigenvalue weighted by atomic mass is 16.5. The topological polar surface area (TPSA) is 65.4 Å². The average Bonchev–Trinajstić information content (AvgIpc) is 2.71. The predicted octanol–water partition coefficient (Wildman–Crippen LogP) is 6.05. The van der Waals surface area contributed by atoms with Crippen molar-refractivity contribution >= 4 is 23.4 Å². The minimum atomic E-state index is -0.434. The molecule has 3 rings (SSSR count). The van der Waals surface area contributed by atoms with Crippen LogP contribution in [0.2, 0.25) is 0 Å². The van der Waals surface area contributed by atoms with Gasteiger partial charge in [0.1, 0.15) is 17.4 Å². The number of hydrogen-bond acceptors (Lipinski definition) is 4. The maximum Gasteiger partial charge on any atom is 0.266 e. The summed E-state index contributed by atoms with van der Waals surface area (Å²) in [6.45, 7) is 13.3. The van der Waals surface area contributed by atoms with Gasteiger partial charge in [0, 0.05) is 29.0 Å². The fraction of sp³-hybridized carbons (Fsp3) is 0.407. The molecule has 0 spiro atoms. The minimum Gasteiger partial charge on any atom is -0.497 e. The summed E-state index contributed by atoms with van der Waals surface area (Å²) in [7, 11) is 1.57. The van der Waals surface area contributed by atoms with Crippen molar-refractivity contribution in [2.75, 3.05) is 17.3 Å². The Balaban J connectivity index is 1.97. The van der Waals surface area contributed by atoms with E-state index in [2.05, 4.69) is 63.0 Å². The van der Waals surface area contributed by atoms with E-state index in [0.29, 0.717) is 23.4 Å². The predicted molar refractivity (Wildman–Crippen MR) is 131 cm³/mol. The van der Waals surface area contributed by atoms with Crippen molar-refractivity contribution in [3.8, 4) is 11.8 Å². The molecule has 0 unspecified atom stereocenters. The number of fused-ring (bicyclic) bond motifs is 1. The molecule has 0 bridgehead atoms. The van der Waals surface area contributed by atoms with Crippen LogP contribution in [0.4, 0.5) is 11.4 Å². The van der Waals surface area contributed by atoms with Gasteiger partial charge in [-0.3, -0.25) is 4.79 Å². The molecule has 1 amide bonds. The molecule has 0 aliphatic carbocycles. The lowest BCUT2D eigenvalue weighted by Crippen LogP contribution is -2.51. The second kappa shape index (κ2) is 9.08. The number of rotatable bonds is 5. The summed E-state index contributed by atoms with van der Waals surface area (Å²) >= 11 is 0. The zero-order valence-corrected chi connectivity index (χ0v) is 20.1. The van der Waals surface area contributed by atoms with Crippen molar-refractivity contribution in [2.24, 2.45) is 0 Å². The molecule has 5 nitrogen and oxygen atoms in total. The number of ether oxygens (including phenoxy) is 1. The highest BCUT2D eigenvalue weighted by Gasteiger charge is 2.37. The summed E-state index contributed by atoms with van der Waals surface area (Å²) in [6, 6.07) is 13.9. The first kappa shape index (κ1) is 23.4. The lowest BCUT2D eigenvalue weighted by molar-refractivity contribution is -0.112. The number of nitriles is 1. The highest BCUT2D eigenvalue weighted by Crippen LogP contribution is 2.45. The minimum absolute atomic E-state index is 0.0683. The SMILES string of the molecule is COc1cccc(NC(=O)/C(C#N)=C\c2cc3c(cc2C)N(C(C)C)C(C)(C)C[C@H]3C)c1. The van der Waals surface area contributed by atoms with Crippen LogP contribution in [0.25, 0.3) is 6.08 Å². The molecule has 32 heavy (non-hydrogen) atoms. The Hall–Kier alpha value is -3.26. The van der Waals surface area contributed by atoms with E-state index in [-0.39, 0.29) is 11.1 Å². The van der Waals surface area contributed by atoms with Crippen LogP contribution in [0, 0.1) is 18.3 Å². The van der Waals surface area contributed by atoms with Crippen molar-refractivity contribution in [3.63, 3.8) is 0 Å². The molecule has 0 radical (unpaired) electrons. The Bertz CT molecular complexity index is 1090. The number of nitrogens with zero attached hydrogens (tertiary/aromatic N) is 2. The molecule has 1 N–H and O–H groups in total. The normalized spacial score (nSPS) is 17.5. The van der Waals surface area contributed by atoms with Gasteiger partial charge in [-0.05, 0) is 94.0 Å². The van der Waals surface area contributed by atoms with Gasteiger partial charge in [0.2, 0.25) is 0 Å². The van der Waals surface area contributed by atoms with Crippen LogP contribution in [0.1, 0.15) is 63.6 Å².